The highest BCUT2D eigenvalue weighted by molar-refractivity contribution is 5.86. The van der Waals surface area contributed by atoms with Gasteiger partial charge >= 0.3 is 0 Å². The molecule has 4 nitrogen and oxygen atoms in total. The van der Waals surface area contributed by atoms with Gasteiger partial charge in [0.25, 0.3) is 0 Å². The van der Waals surface area contributed by atoms with Crippen LogP contribution in [0.4, 0.5) is 0 Å². The fourth-order valence-corrected chi connectivity index (χ4v) is 6.14. The quantitative estimate of drug-likeness (QED) is 0.276. The Balaban J connectivity index is 1.77. The van der Waals surface area contributed by atoms with E-state index in [-0.39, 0.29) is 5.92 Å². The molecule has 1 N–H and O–H groups in total. The van der Waals surface area contributed by atoms with Gasteiger partial charge in [-0.3, -0.25) is 0 Å². The number of nitrogens with zero attached hydrogens (tertiary/aromatic N) is 2. The molecular formula is C33H38N2O2. The third-order valence-electron chi connectivity index (χ3n) is 8.04. The maximum atomic E-state index is 13.1. The molecule has 1 heterocycles. The molecule has 1 fully saturated rings. The molecule has 1 aromatic heterocycles. The fraction of sp³-hybridized carbons (Fsp3) is 0.364. The highest BCUT2D eigenvalue weighted by Gasteiger charge is 2.43. The molecule has 0 saturated heterocycles. The molecular weight excluding hydrogens is 456 g/mol. The Labute approximate surface area is 220 Å². The monoisotopic (exact) mass is 494 g/mol. The van der Waals surface area contributed by atoms with Crippen LogP contribution < -0.4 is 4.74 Å². The Kier molecular flexibility index (Phi) is 7.59. The first kappa shape index (κ1) is 25.4. The van der Waals surface area contributed by atoms with E-state index in [4.69, 9.17) is 9.72 Å². The molecule has 192 valence electrons. The second kappa shape index (κ2) is 11.0. The molecule has 0 aliphatic heterocycles. The van der Waals surface area contributed by atoms with Gasteiger partial charge in [0.2, 0.25) is 5.88 Å². The van der Waals surface area contributed by atoms with Gasteiger partial charge in [0.05, 0.1) is 7.11 Å². The first-order chi connectivity index (χ1) is 18.0. The molecule has 4 heteroatoms. The van der Waals surface area contributed by atoms with Gasteiger partial charge in [-0.1, -0.05) is 85.6 Å². The zero-order valence-electron chi connectivity index (χ0n) is 22.2. The Bertz CT molecular complexity index is 1330. The van der Waals surface area contributed by atoms with E-state index in [2.05, 4.69) is 91.8 Å². The van der Waals surface area contributed by atoms with E-state index in [1.54, 1.807) is 7.11 Å². The van der Waals surface area contributed by atoms with E-state index in [0.29, 0.717) is 18.2 Å². The summed E-state index contributed by atoms with van der Waals surface area (Å²) in [7, 11) is 5.80. The van der Waals surface area contributed by atoms with Crippen LogP contribution in [0.3, 0.4) is 0 Å². The number of aromatic nitrogens is 1. The highest BCUT2D eigenvalue weighted by Crippen LogP contribution is 2.49. The zero-order valence-corrected chi connectivity index (χ0v) is 22.2. The van der Waals surface area contributed by atoms with Crippen LogP contribution in [-0.2, 0) is 5.60 Å². The summed E-state index contributed by atoms with van der Waals surface area (Å²) in [4.78, 5) is 6.95. The molecule has 2 unspecified atom stereocenters. The molecule has 5 rings (SSSR count). The minimum atomic E-state index is -1.20. The number of rotatable bonds is 9. The lowest BCUT2D eigenvalue weighted by atomic mass is 9.70. The maximum Gasteiger partial charge on any atom is 0.216 e. The lowest BCUT2D eigenvalue weighted by molar-refractivity contribution is 0.00512. The van der Waals surface area contributed by atoms with Crippen molar-refractivity contribution in [2.75, 3.05) is 27.7 Å². The van der Waals surface area contributed by atoms with Crippen LogP contribution in [0, 0.1) is 0 Å². The van der Waals surface area contributed by atoms with Crippen molar-refractivity contribution in [2.45, 2.75) is 49.5 Å². The lowest BCUT2D eigenvalue weighted by Crippen LogP contribution is -2.38. The molecule has 0 radical (unpaired) electrons. The predicted molar refractivity (Wildman–Crippen MR) is 151 cm³/mol. The number of hydrogen-bond donors (Lipinski definition) is 1. The molecule has 1 aliphatic rings. The normalized spacial score (nSPS) is 16.7. The Morgan fingerprint density at radius 2 is 1.68 bits per heavy atom. The summed E-state index contributed by atoms with van der Waals surface area (Å²) < 4.78 is 5.88. The van der Waals surface area contributed by atoms with E-state index < -0.39 is 5.60 Å². The fourth-order valence-electron chi connectivity index (χ4n) is 6.14. The van der Waals surface area contributed by atoms with Crippen molar-refractivity contribution in [3.05, 3.63) is 107 Å². The van der Waals surface area contributed by atoms with Gasteiger partial charge in [0.1, 0.15) is 5.60 Å². The first-order valence-corrected chi connectivity index (χ1v) is 13.5. The van der Waals surface area contributed by atoms with Crippen molar-refractivity contribution >= 4 is 10.8 Å². The Morgan fingerprint density at radius 3 is 2.41 bits per heavy atom. The number of fused-ring (bicyclic) bond motifs is 1. The van der Waals surface area contributed by atoms with Crippen molar-refractivity contribution in [2.24, 2.45) is 0 Å². The van der Waals surface area contributed by atoms with Crippen molar-refractivity contribution in [1.82, 2.24) is 9.88 Å². The van der Waals surface area contributed by atoms with E-state index >= 15 is 0 Å². The second-order valence-electron chi connectivity index (χ2n) is 10.7. The highest BCUT2D eigenvalue weighted by atomic mass is 16.5. The third-order valence-corrected chi connectivity index (χ3v) is 8.04. The summed E-state index contributed by atoms with van der Waals surface area (Å²) in [5.41, 5.74) is 3.00. The van der Waals surface area contributed by atoms with Gasteiger partial charge in [-0.05, 0) is 72.8 Å². The topological polar surface area (TPSA) is 45.6 Å². The molecule has 1 saturated carbocycles. The van der Waals surface area contributed by atoms with E-state index in [0.717, 1.165) is 34.0 Å². The summed E-state index contributed by atoms with van der Waals surface area (Å²) in [5, 5.41) is 15.3. The first-order valence-electron chi connectivity index (χ1n) is 13.5. The summed E-state index contributed by atoms with van der Waals surface area (Å²) in [5.74, 6) is 0.739. The van der Waals surface area contributed by atoms with Gasteiger partial charge in [-0.25, -0.2) is 4.98 Å². The maximum absolute atomic E-state index is 13.1. The van der Waals surface area contributed by atoms with Gasteiger partial charge < -0.3 is 14.7 Å². The average Bonchev–Trinajstić information content (AvgIpc) is 3.47. The zero-order chi connectivity index (χ0) is 25.8. The van der Waals surface area contributed by atoms with E-state index in [1.807, 2.05) is 12.3 Å². The molecule has 0 bridgehead atoms. The van der Waals surface area contributed by atoms with Crippen LogP contribution in [0.5, 0.6) is 5.88 Å². The van der Waals surface area contributed by atoms with Crippen molar-refractivity contribution in [3.8, 4) is 5.88 Å². The Hall–Kier alpha value is -3.21. The molecule has 1 aliphatic carbocycles. The number of hydrogen-bond acceptors (Lipinski definition) is 4. The molecule has 4 aromatic rings. The van der Waals surface area contributed by atoms with Gasteiger partial charge in [-0.2, -0.15) is 0 Å². The molecule has 3 aromatic carbocycles. The van der Waals surface area contributed by atoms with Crippen molar-refractivity contribution in [3.63, 3.8) is 0 Å². The lowest BCUT2D eigenvalue weighted by Gasteiger charge is -2.39. The van der Waals surface area contributed by atoms with Crippen molar-refractivity contribution in [1.29, 1.82) is 0 Å². The Morgan fingerprint density at radius 1 is 0.973 bits per heavy atom. The predicted octanol–water partition coefficient (Wildman–Crippen LogP) is 6.87. The SMILES string of the molecule is COc1ncc(C2CCCC2)cc1C(c1ccccc1)C(O)(CCN(C)C)c1cccc2ccccc12. The van der Waals surface area contributed by atoms with Crippen LogP contribution >= 0.6 is 0 Å². The average molecular weight is 495 g/mol. The van der Waals surface area contributed by atoms with Crippen LogP contribution in [0.1, 0.15) is 66.2 Å². The number of methoxy groups -OCH3 is 1. The van der Waals surface area contributed by atoms with E-state index in [1.165, 1.54) is 31.2 Å². The summed E-state index contributed by atoms with van der Waals surface area (Å²) >= 11 is 0. The van der Waals surface area contributed by atoms with Crippen LogP contribution in [0.15, 0.2) is 85.1 Å². The largest absolute Gasteiger partial charge is 0.481 e. The van der Waals surface area contributed by atoms with Crippen LogP contribution in [0.2, 0.25) is 0 Å². The smallest absolute Gasteiger partial charge is 0.216 e. The molecule has 2 atom stereocenters. The van der Waals surface area contributed by atoms with Crippen LogP contribution in [-0.4, -0.2) is 42.7 Å². The summed E-state index contributed by atoms with van der Waals surface area (Å²) in [6, 6.07) is 27.3. The minimum Gasteiger partial charge on any atom is -0.481 e. The minimum absolute atomic E-state index is 0.358. The van der Waals surface area contributed by atoms with E-state index in [9.17, 15) is 5.11 Å². The summed E-state index contributed by atoms with van der Waals surface area (Å²) in [6.45, 7) is 0.737. The third kappa shape index (κ3) is 5.14. The molecule has 37 heavy (non-hydrogen) atoms. The number of ether oxygens (including phenoxy) is 1. The number of pyridine rings is 1. The van der Waals surface area contributed by atoms with Crippen LogP contribution in [0.25, 0.3) is 10.8 Å². The van der Waals surface area contributed by atoms with Crippen molar-refractivity contribution < 1.29 is 9.84 Å². The molecule has 0 spiro atoms. The molecule has 0 amide bonds. The van der Waals surface area contributed by atoms with Gasteiger partial charge in [0.15, 0.2) is 0 Å². The summed E-state index contributed by atoms with van der Waals surface area (Å²) in [6.07, 6.45) is 7.45. The second-order valence-corrected chi connectivity index (χ2v) is 10.7. The van der Waals surface area contributed by atoms with Gasteiger partial charge in [-0.15, -0.1) is 0 Å². The number of aliphatic hydroxyl groups is 1. The number of benzene rings is 3. The standard InChI is InChI=1S/C33H38N2O2/c1-35(2)21-20-33(36,30-19-11-17-25-14-9-10-18-28(25)30)31(26-15-5-4-6-16-26)29-22-27(23-34-32(29)37-3)24-12-7-8-13-24/h4-6,9-11,14-19,22-24,31,36H,7-8,12-13,20-21H2,1-3H3. The van der Waals surface area contributed by atoms with Gasteiger partial charge in [0, 0.05) is 24.2 Å².